The summed E-state index contributed by atoms with van der Waals surface area (Å²) in [6, 6.07) is 7.39. The molecule has 0 aromatic heterocycles. The highest BCUT2D eigenvalue weighted by atomic mass is 35.5. The summed E-state index contributed by atoms with van der Waals surface area (Å²) in [5, 5.41) is 3.56. The Morgan fingerprint density at radius 3 is 2.69 bits per heavy atom. The van der Waals surface area contributed by atoms with Crippen molar-refractivity contribution < 1.29 is 4.79 Å². The number of nitrogens with one attached hydrogen (secondary N) is 1. The van der Waals surface area contributed by atoms with Gasteiger partial charge in [-0.15, -0.1) is 11.6 Å². The molecule has 0 aliphatic heterocycles. The Labute approximate surface area is 106 Å². The normalized spacial score (nSPS) is 14.2. The van der Waals surface area contributed by atoms with E-state index in [0.29, 0.717) is 10.9 Å². The van der Waals surface area contributed by atoms with Gasteiger partial charge in [-0.05, 0) is 24.6 Å². The van der Waals surface area contributed by atoms with Gasteiger partial charge in [0.1, 0.15) is 0 Å². The zero-order chi connectivity index (χ0) is 12.1. The number of alkyl halides is 1. The van der Waals surface area contributed by atoms with Gasteiger partial charge >= 0.3 is 0 Å². The topological polar surface area (TPSA) is 29.1 Å². The molecule has 0 bridgehead atoms. The fourth-order valence-electron chi connectivity index (χ4n) is 1.28. The maximum absolute atomic E-state index is 11.6. The van der Waals surface area contributed by atoms with Crippen LogP contribution in [-0.2, 0) is 4.79 Å². The SMILES string of the molecule is CC(CCl)C(=O)N[C@@H](C)c1cccc(Cl)c1. The van der Waals surface area contributed by atoms with E-state index in [-0.39, 0.29) is 17.9 Å². The van der Waals surface area contributed by atoms with Crippen LogP contribution >= 0.6 is 23.2 Å². The first kappa shape index (κ1) is 13.3. The number of halogens is 2. The third-order valence-electron chi connectivity index (χ3n) is 2.39. The fraction of sp³-hybridized carbons (Fsp3) is 0.417. The van der Waals surface area contributed by atoms with E-state index >= 15 is 0 Å². The number of amides is 1. The first-order valence-corrected chi connectivity index (χ1v) is 6.07. The molecule has 1 rings (SSSR count). The van der Waals surface area contributed by atoms with Gasteiger partial charge in [0.2, 0.25) is 5.91 Å². The third kappa shape index (κ3) is 3.69. The smallest absolute Gasteiger partial charge is 0.224 e. The molecule has 2 nitrogen and oxygen atoms in total. The van der Waals surface area contributed by atoms with Crippen LogP contribution in [0.2, 0.25) is 5.02 Å². The minimum Gasteiger partial charge on any atom is -0.349 e. The van der Waals surface area contributed by atoms with Crippen molar-refractivity contribution in [2.75, 3.05) is 5.88 Å². The molecule has 0 radical (unpaired) electrons. The number of hydrogen-bond donors (Lipinski definition) is 1. The highest BCUT2D eigenvalue weighted by molar-refractivity contribution is 6.30. The van der Waals surface area contributed by atoms with Crippen molar-refractivity contribution in [2.24, 2.45) is 5.92 Å². The number of benzene rings is 1. The predicted octanol–water partition coefficient (Wildman–Crippen LogP) is 3.39. The van der Waals surface area contributed by atoms with Crippen molar-refractivity contribution in [3.8, 4) is 0 Å². The fourth-order valence-corrected chi connectivity index (χ4v) is 1.62. The van der Waals surface area contributed by atoms with Crippen LogP contribution in [0.5, 0.6) is 0 Å². The van der Waals surface area contributed by atoms with Gasteiger partial charge in [-0.1, -0.05) is 30.7 Å². The first-order chi connectivity index (χ1) is 7.54. The number of carbonyl (C=O) groups excluding carboxylic acids is 1. The molecule has 1 unspecified atom stereocenters. The molecule has 1 amide bonds. The first-order valence-electron chi connectivity index (χ1n) is 5.16. The zero-order valence-corrected chi connectivity index (χ0v) is 10.8. The van der Waals surface area contributed by atoms with Crippen molar-refractivity contribution in [3.63, 3.8) is 0 Å². The minimum absolute atomic E-state index is 0.0394. The second kappa shape index (κ2) is 6.12. The summed E-state index contributed by atoms with van der Waals surface area (Å²) < 4.78 is 0. The molecule has 0 saturated carbocycles. The lowest BCUT2D eigenvalue weighted by Gasteiger charge is -2.16. The second-order valence-electron chi connectivity index (χ2n) is 3.84. The largest absolute Gasteiger partial charge is 0.349 e. The number of rotatable bonds is 4. The van der Waals surface area contributed by atoms with Gasteiger partial charge in [-0.2, -0.15) is 0 Å². The summed E-state index contributed by atoms with van der Waals surface area (Å²) in [6.07, 6.45) is 0. The molecule has 0 fully saturated rings. The quantitative estimate of drug-likeness (QED) is 0.826. The van der Waals surface area contributed by atoms with Crippen LogP contribution < -0.4 is 5.32 Å². The Hall–Kier alpha value is -0.730. The van der Waals surface area contributed by atoms with Crippen LogP contribution in [0.15, 0.2) is 24.3 Å². The Bertz CT molecular complexity index is 368. The Kier molecular flexibility index (Phi) is 5.10. The summed E-state index contributed by atoms with van der Waals surface area (Å²) in [5.74, 6) is 0.111. The van der Waals surface area contributed by atoms with E-state index in [1.54, 1.807) is 13.0 Å². The van der Waals surface area contributed by atoms with E-state index in [9.17, 15) is 4.79 Å². The van der Waals surface area contributed by atoms with Crippen molar-refractivity contribution in [2.45, 2.75) is 19.9 Å². The van der Waals surface area contributed by atoms with E-state index in [4.69, 9.17) is 23.2 Å². The molecule has 4 heteroatoms. The lowest BCUT2D eigenvalue weighted by molar-refractivity contribution is -0.124. The summed E-state index contributed by atoms with van der Waals surface area (Å²) >= 11 is 11.5. The van der Waals surface area contributed by atoms with Crippen LogP contribution in [0, 0.1) is 5.92 Å². The van der Waals surface area contributed by atoms with E-state index < -0.39 is 0 Å². The van der Waals surface area contributed by atoms with Crippen molar-refractivity contribution in [1.82, 2.24) is 5.32 Å². The average Bonchev–Trinajstić information content (AvgIpc) is 2.27. The average molecular weight is 260 g/mol. The molecule has 0 heterocycles. The highest BCUT2D eigenvalue weighted by Gasteiger charge is 2.15. The van der Waals surface area contributed by atoms with E-state index in [1.807, 2.05) is 25.1 Å². The minimum atomic E-state index is -0.177. The van der Waals surface area contributed by atoms with Gasteiger partial charge in [-0.3, -0.25) is 4.79 Å². The Balaban J connectivity index is 2.65. The standard InChI is InChI=1S/C12H15Cl2NO/c1-8(7-13)12(16)15-9(2)10-4-3-5-11(14)6-10/h3-6,8-9H,7H2,1-2H3,(H,15,16)/t8?,9-/m0/s1. The molecule has 16 heavy (non-hydrogen) atoms. The lowest BCUT2D eigenvalue weighted by Crippen LogP contribution is -2.32. The van der Waals surface area contributed by atoms with Gasteiger partial charge in [-0.25, -0.2) is 0 Å². The van der Waals surface area contributed by atoms with E-state index in [1.165, 1.54) is 0 Å². The summed E-state index contributed by atoms with van der Waals surface area (Å²) in [4.78, 5) is 11.6. The molecule has 88 valence electrons. The summed E-state index contributed by atoms with van der Waals surface area (Å²) in [5.41, 5.74) is 0.989. The van der Waals surface area contributed by atoms with Crippen LogP contribution in [0.4, 0.5) is 0 Å². The number of carbonyl (C=O) groups is 1. The van der Waals surface area contributed by atoms with Crippen LogP contribution in [0.1, 0.15) is 25.5 Å². The molecule has 1 aromatic carbocycles. The Morgan fingerprint density at radius 2 is 2.12 bits per heavy atom. The zero-order valence-electron chi connectivity index (χ0n) is 9.34. The summed E-state index contributed by atoms with van der Waals surface area (Å²) in [7, 11) is 0. The molecule has 1 N–H and O–H groups in total. The second-order valence-corrected chi connectivity index (χ2v) is 4.59. The van der Waals surface area contributed by atoms with E-state index in [0.717, 1.165) is 5.56 Å². The van der Waals surface area contributed by atoms with Gasteiger partial charge < -0.3 is 5.32 Å². The van der Waals surface area contributed by atoms with Gasteiger partial charge in [0.15, 0.2) is 0 Å². The predicted molar refractivity (Wildman–Crippen MR) is 67.9 cm³/mol. The van der Waals surface area contributed by atoms with Crippen molar-refractivity contribution >= 4 is 29.1 Å². The maximum Gasteiger partial charge on any atom is 0.224 e. The maximum atomic E-state index is 11.6. The molecule has 2 atom stereocenters. The van der Waals surface area contributed by atoms with Gasteiger partial charge in [0.25, 0.3) is 0 Å². The van der Waals surface area contributed by atoms with Gasteiger partial charge in [0, 0.05) is 16.8 Å². The molecule has 1 aromatic rings. The molecule has 0 spiro atoms. The number of hydrogen-bond acceptors (Lipinski definition) is 1. The van der Waals surface area contributed by atoms with Gasteiger partial charge in [0.05, 0.1) is 6.04 Å². The van der Waals surface area contributed by atoms with Crippen molar-refractivity contribution in [3.05, 3.63) is 34.9 Å². The summed E-state index contributed by atoms with van der Waals surface area (Å²) in [6.45, 7) is 3.72. The molecular formula is C12H15Cl2NO. The monoisotopic (exact) mass is 259 g/mol. The third-order valence-corrected chi connectivity index (χ3v) is 3.08. The van der Waals surface area contributed by atoms with Crippen LogP contribution in [0.25, 0.3) is 0 Å². The lowest BCUT2D eigenvalue weighted by atomic mass is 10.1. The van der Waals surface area contributed by atoms with Crippen LogP contribution in [0.3, 0.4) is 0 Å². The highest BCUT2D eigenvalue weighted by Crippen LogP contribution is 2.17. The molecule has 0 aliphatic rings. The van der Waals surface area contributed by atoms with E-state index in [2.05, 4.69) is 5.32 Å². The van der Waals surface area contributed by atoms with Crippen molar-refractivity contribution in [1.29, 1.82) is 0 Å². The van der Waals surface area contributed by atoms with Crippen LogP contribution in [-0.4, -0.2) is 11.8 Å². The Morgan fingerprint density at radius 1 is 1.44 bits per heavy atom. The molecule has 0 aliphatic carbocycles. The molecule has 0 saturated heterocycles. The molecular weight excluding hydrogens is 245 g/mol.